The van der Waals surface area contributed by atoms with Gasteiger partial charge in [0.25, 0.3) is 0 Å². The highest BCUT2D eigenvalue weighted by atomic mass is 16.5. The normalized spacial score (nSPS) is 23.2. The van der Waals surface area contributed by atoms with E-state index in [0.717, 1.165) is 32.2 Å². The van der Waals surface area contributed by atoms with Gasteiger partial charge in [0.2, 0.25) is 5.91 Å². The number of ether oxygens (including phenoxy) is 1. The fraction of sp³-hybridized carbons (Fsp3) is 0.917. The van der Waals surface area contributed by atoms with E-state index < -0.39 is 6.04 Å². The zero-order valence-electron chi connectivity index (χ0n) is 10.4. The van der Waals surface area contributed by atoms with E-state index in [1.807, 2.05) is 4.90 Å². The van der Waals surface area contributed by atoms with Gasteiger partial charge < -0.3 is 15.4 Å². The second kappa shape index (κ2) is 6.86. The summed E-state index contributed by atoms with van der Waals surface area (Å²) in [5.41, 5.74) is 5.80. The lowest BCUT2D eigenvalue weighted by Crippen LogP contribution is -2.52. The summed E-state index contributed by atoms with van der Waals surface area (Å²) < 4.78 is 4.94. The van der Waals surface area contributed by atoms with Crippen LogP contribution in [0, 0.1) is 0 Å². The van der Waals surface area contributed by atoms with Gasteiger partial charge in [-0.3, -0.25) is 4.79 Å². The van der Waals surface area contributed by atoms with Gasteiger partial charge in [-0.1, -0.05) is 13.3 Å². The lowest BCUT2D eigenvalue weighted by Gasteiger charge is -2.37. The molecule has 0 aromatic heterocycles. The number of carbonyl (C=O) groups is 1. The molecular weight excluding hydrogens is 204 g/mol. The minimum absolute atomic E-state index is 0.0556. The molecule has 1 rings (SSSR count). The van der Waals surface area contributed by atoms with Crippen LogP contribution in [0.2, 0.25) is 0 Å². The molecule has 0 spiro atoms. The predicted molar refractivity (Wildman–Crippen MR) is 64.1 cm³/mol. The van der Waals surface area contributed by atoms with Crippen molar-refractivity contribution in [2.75, 3.05) is 20.3 Å². The van der Waals surface area contributed by atoms with Gasteiger partial charge in [-0.15, -0.1) is 0 Å². The third-order valence-corrected chi connectivity index (χ3v) is 3.20. The van der Waals surface area contributed by atoms with Crippen LogP contribution in [0.1, 0.15) is 39.0 Å². The van der Waals surface area contributed by atoms with Crippen molar-refractivity contribution in [3.63, 3.8) is 0 Å². The van der Waals surface area contributed by atoms with E-state index >= 15 is 0 Å². The highest BCUT2D eigenvalue weighted by Gasteiger charge is 2.29. The van der Waals surface area contributed by atoms with Crippen molar-refractivity contribution in [2.24, 2.45) is 5.73 Å². The van der Waals surface area contributed by atoms with Crippen molar-refractivity contribution >= 4 is 5.91 Å². The quantitative estimate of drug-likeness (QED) is 0.767. The van der Waals surface area contributed by atoms with Crippen LogP contribution in [0.15, 0.2) is 0 Å². The van der Waals surface area contributed by atoms with Gasteiger partial charge in [-0.25, -0.2) is 0 Å². The molecule has 94 valence electrons. The Bertz CT molecular complexity index is 219. The SMILES string of the molecule is CCCC1CCCCN1C(=O)C(N)COC. The molecule has 0 radical (unpaired) electrons. The maximum Gasteiger partial charge on any atom is 0.242 e. The van der Waals surface area contributed by atoms with Crippen LogP contribution in [0.25, 0.3) is 0 Å². The number of piperidine rings is 1. The Kier molecular flexibility index (Phi) is 5.77. The molecule has 1 aliphatic heterocycles. The van der Waals surface area contributed by atoms with Crippen molar-refractivity contribution in [3.8, 4) is 0 Å². The van der Waals surface area contributed by atoms with Gasteiger partial charge in [0, 0.05) is 19.7 Å². The first-order chi connectivity index (χ1) is 7.70. The molecule has 1 saturated heterocycles. The summed E-state index contributed by atoms with van der Waals surface area (Å²) >= 11 is 0. The first kappa shape index (κ1) is 13.5. The number of nitrogens with two attached hydrogens (primary N) is 1. The summed E-state index contributed by atoms with van der Waals surface area (Å²) in [4.78, 5) is 14.1. The summed E-state index contributed by atoms with van der Waals surface area (Å²) in [7, 11) is 1.58. The summed E-state index contributed by atoms with van der Waals surface area (Å²) in [5.74, 6) is 0.0556. The largest absolute Gasteiger partial charge is 0.383 e. The summed E-state index contributed by atoms with van der Waals surface area (Å²) in [5, 5.41) is 0. The Morgan fingerprint density at radius 1 is 1.56 bits per heavy atom. The van der Waals surface area contributed by atoms with E-state index in [0.29, 0.717) is 12.6 Å². The van der Waals surface area contributed by atoms with E-state index in [2.05, 4.69) is 6.92 Å². The second-order valence-corrected chi connectivity index (χ2v) is 4.53. The van der Waals surface area contributed by atoms with Crippen LogP contribution >= 0.6 is 0 Å². The Morgan fingerprint density at radius 2 is 2.31 bits per heavy atom. The molecule has 4 heteroatoms. The number of likely N-dealkylation sites (tertiary alicyclic amines) is 1. The lowest BCUT2D eigenvalue weighted by molar-refractivity contribution is -0.137. The fourth-order valence-corrected chi connectivity index (χ4v) is 2.39. The molecule has 1 heterocycles. The van der Waals surface area contributed by atoms with E-state index in [4.69, 9.17) is 10.5 Å². The van der Waals surface area contributed by atoms with Crippen LogP contribution in [0.4, 0.5) is 0 Å². The molecule has 0 aliphatic carbocycles. The number of nitrogens with zero attached hydrogens (tertiary/aromatic N) is 1. The first-order valence-electron chi connectivity index (χ1n) is 6.25. The van der Waals surface area contributed by atoms with Crippen molar-refractivity contribution in [1.82, 2.24) is 4.90 Å². The molecule has 1 aliphatic rings. The summed E-state index contributed by atoms with van der Waals surface area (Å²) in [6.45, 7) is 3.33. The number of rotatable bonds is 5. The molecule has 1 amide bonds. The van der Waals surface area contributed by atoms with Gasteiger partial charge in [0.15, 0.2) is 0 Å². The van der Waals surface area contributed by atoms with E-state index in [-0.39, 0.29) is 5.91 Å². The highest BCUT2D eigenvalue weighted by molar-refractivity contribution is 5.82. The third-order valence-electron chi connectivity index (χ3n) is 3.20. The van der Waals surface area contributed by atoms with Crippen LogP contribution in [-0.4, -0.2) is 43.2 Å². The van der Waals surface area contributed by atoms with E-state index in [9.17, 15) is 4.79 Å². The maximum atomic E-state index is 12.1. The Hall–Kier alpha value is -0.610. The number of carbonyl (C=O) groups excluding carboxylic acids is 1. The zero-order chi connectivity index (χ0) is 12.0. The van der Waals surface area contributed by atoms with Gasteiger partial charge in [0.1, 0.15) is 6.04 Å². The van der Waals surface area contributed by atoms with Crippen LogP contribution in [0.5, 0.6) is 0 Å². The molecule has 0 saturated carbocycles. The second-order valence-electron chi connectivity index (χ2n) is 4.53. The van der Waals surface area contributed by atoms with Crippen molar-refractivity contribution in [3.05, 3.63) is 0 Å². The molecule has 0 bridgehead atoms. The van der Waals surface area contributed by atoms with Crippen molar-refractivity contribution in [1.29, 1.82) is 0 Å². The first-order valence-corrected chi connectivity index (χ1v) is 6.25. The minimum Gasteiger partial charge on any atom is -0.383 e. The van der Waals surface area contributed by atoms with E-state index in [1.54, 1.807) is 7.11 Å². The average Bonchev–Trinajstić information content (AvgIpc) is 2.29. The molecule has 16 heavy (non-hydrogen) atoms. The summed E-state index contributed by atoms with van der Waals surface area (Å²) in [6, 6.07) is -0.100. The number of hydrogen-bond acceptors (Lipinski definition) is 3. The van der Waals surface area contributed by atoms with Gasteiger partial charge >= 0.3 is 0 Å². The molecule has 4 nitrogen and oxygen atoms in total. The van der Waals surface area contributed by atoms with Crippen LogP contribution < -0.4 is 5.73 Å². The number of methoxy groups -OCH3 is 1. The Morgan fingerprint density at radius 3 is 2.94 bits per heavy atom. The molecule has 2 atom stereocenters. The van der Waals surface area contributed by atoms with Crippen LogP contribution in [0.3, 0.4) is 0 Å². The number of amides is 1. The third kappa shape index (κ3) is 3.46. The van der Waals surface area contributed by atoms with Crippen molar-refractivity contribution < 1.29 is 9.53 Å². The molecule has 2 N–H and O–H groups in total. The number of hydrogen-bond donors (Lipinski definition) is 1. The maximum absolute atomic E-state index is 12.1. The van der Waals surface area contributed by atoms with Crippen molar-refractivity contribution in [2.45, 2.75) is 51.1 Å². The monoisotopic (exact) mass is 228 g/mol. The molecule has 1 fully saturated rings. The molecule has 2 unspecified atom stereocenters. The van der Waals surface area contributed by atoms with Gasteiger partial charge in [-0.05, 0) is 25.7 Å². The molecular formula is C12H24N2O2. The summed E-state index contributed by atoms with van der Waals surface area (Å²) in [6.07, 6.45) is 5.66. The van der Waals surface area contributed by atoms with Gasteiger partial charge in [0.05, 0.1) is 6.61 Å². The standard InChI is InChI=1S/C12H24N2O2/c1-3-6-10-7-4-5-8-14(10)12(15)11(13)9-16-2/h10-11H,3-9,13H2,1-2H3. The Balaban J connectivity index is 2.56. The topological polar surface area (TPSA) is 55.6 Å². The predicted octanol–water partition coefficient (Wildman–Crippen LogP) is 1.14. The zero-order valence-corrected chi connectivity index (χ0v) is 10.4. The van der Waals surface area contributed by atoms with Gasteiger partial charge in [-0.2, -0.15) is 0 Å². The fourth-order valence-electron chi connectivity index (χ4n) is 2.39. The lowest BCUT2D eigenvalue weighted by atomic mass is 9.97. The van der Waals surface area contributed by atoms with E-state index in [1.165, 1.54) is 6.42 Å². The smallest absolute Gasteiger partial charge is 0.242 e. The Labute approximate surface area is 98.1 Å². The highest BCUT2D eigenvalue weighted by Crippen LogP contribution is 2.21. The molecule has 0 aromatic rings. The molecule has 0 aromatic carbocycles. The average molecular weight is 228 g/mol. The minimum atomic E-state index is -0.498. The van der Waals surface area contributed by atoms with Crippen LogP contribution in [-0.2, 0) is 9.53 Å².